The van der Waals surface area contributed by atoms with E-state index in [9.17, 15) is 5.11 Å². The van der Waals surface area contributed by atoms with E-state index in [0.29, 0.717) is 0 Å². The first-order valence-electron chi connectivity index (χ1n) is 7.10. The number of H-pyrrole nitrogens is 1. The van der Waals surface area contributed by atoms with E-state index in [-0.39, 0.29) is 6.10 Å². The minimum atomic E-state index is -0.385. The van der Waals surface area contributed by atoms with Crippen molar-refractivity contribution in [3.05, 3.63) is 48.0 Å². The van der Waals surface area contributed by atoms with Gasteiger partial charge in [0, 0.05) is 18.8 Å². The molecule has 1 aromatic heterocycles. The van der Waals surface area contributed by atoms with Crippen LogP contribution in [-0.2, 0) is 6.42 Å². The molecule has 1 aromatic carbocycles. The van der Waals surface area contributed by atoms with Crippen molar-refractivity contribution in [2.24, 2.45) is 0 Å². The van der Waals surface area contributed by atoms with E-state index in [1.807, 2.05) is 30.5 Å². The molecule has 2 N–H and O–H groups in total. The molecule has 0 saturated carbocycles. The summed E-state index contributed by atoms with van der Waals surface area (Å²) in [5, 5.41) is 10.1. The molecule has 108 valence electrons. The lowest BCUT2D eigenvalue weighted by atomic mass is 10.0. The Morgan fingerprint density at radius 1 is 1.20 bits per heavy atom. The van der Waals surface area contributed by atoms with E-state index >= 15 is 0 Å². The summed E-state index contributed by atoms with van der Waals surface area (Å²) < 4.78 is 5.11. The summed E-state index contributed by atoms with van der Waals surface area (Å²) >= 11 is 0. The highest BCUT2D eigenvalue weighted by Crippen LogP contribution is 2.22. The van der Waals surface area contributed by atoms with Crippen molar-refractivity contribution < 1.29 is 9.84 Å². The lowest BCUT2D eigenvalue weighted by molar-refractivity contribution is 0.163. The van der Waals surface area contributed by atoms with E-state index in [0.717, 1.165) is 49.2 Å². The second kappa shape index (κ2) is 7.70. The van der Waals surface area contributed by atoms with Gasteiger partial charge in [0.2, 0.25) is 0 Å². The van der Waals surface area contributed by atoms with Gasteiger partial charge in [0.15, 0.2) is 0 Å². The van der Waals surface area contributed by atoms with E-state index in [1.165, 1.54) is 0 Å². The van der Waals surface area contributed by atoms with Crippen LogP contribution >= 0.6 is 0 Å². The van der Waals surface area contributed by atoms with E-state index in [2.05, 4.69) is 9.97 Å². The van der Waals surface area contributed by atoms with Gasteiger partial charge in [-0.05, 0) is 30.5 Å². The molecule has 0 spiro atoms. The molecule has 0 saturated heterocycles. The van der Waals surface area contributed by atoms with E-state index in [1.54, 1.807) is 13.3 Å². The van der Waals surface area contributed by atoms with E-state index in [4.69, 9.17) is 4.74 Å². The topological polar surface area (TPSA) is 58.1 Å². The van der Waals surface area contributed by atoms with Gasteiger partial charge >= 0.3 is 0 Å². The van der Waals surface area contributed by atoms with Crippen LogP contribution in [-0.4, -0.2) is 22.2 Å². The summed E-state index contributed by atoms with van der Waals surface area (Å²) in [5.41, 5.74) is 0.955. The number of aliphatic hydroxyl groups excluding tert-OH is 1. The number of methoxy groups -OCH3 is 1. The first kappa shape index (κ1) is 14.6. The number of aryl methyl sites for hydroxylation is 1. The van der Waals surface area contributed by atoms with Crippen LogP contribution in [0.5, 0.6) is 5.75 Å². The lowest BCUT2D eigenvalue weighted by Crippen LogP contribution is -1.98. The third-order valence-corrected chi connectivity index (χ3v) is 3.45. The normalized spacial score (nSPS) is 12.3. The van der Waals surface area contributed by atoms with Gasteiger partial charge in [-0.2, -0.15) is 0 Å². The van der Waals surface area contributed by atoms with Crippen LogP contribution in [0.3, 0.4) is 0 Å². The maximum absolute atomic E-state index is 10.1. The number of unbranched alkanes of at least 4 members (excludes halogenated alkanes) is 2. The molecule has 4 nitrogen and oxygen atoms in total. The standard InChI is InChI=1S/C16H22N2O2/c1-20-14-9-7-13(8-10-14)15(19)5-3-2-4-6-16-17-11-12-18-16/h7-12,15,19H,2-6H2,1H3,(H,17,18). The summed E-state index contributed by atoms with van der Waals surface area (Å²) in [6.07, 6.45) is 8.25. The molecule has 0 bridgehead atoms. The third kappa shape index (κ3) is 4.38. The number of aromatic nitrogens is 2. The number of ether oxygens (including phenoxy) is 1. The van der Waals surface area contributed by atoms with Crippen molar-refractivity contribution in [3.8, 4) is 5.75 Å². The molecule has 1 unspecified atom stereocenters. The molecular formula is C16H22N2O2. The zero-order valence-electron chi connectivity index (χ0n) is 11.9. The van der Waals surface area contributed by atoms with Gasteiger partial charge in [0.25, 0.3) is 0 Å². The monoisotopic (exact) mass is 274 g/mol. The summed E-state index contributed by atoms with van der Waals surface area (Å²) in [7, 11) is 1.64. The molecule has 0 aliphatic rings. The van der Waals surface area contributed by atoms with Crippen molar-refractivity contribution in [3.63, 3.8) is 0 Å². The van der Waals surface area contributed by atoms with Crippen LogP contribution in [0.4, 0.5) is 0 Å². The van der Waals surface area contributed by atoms with Crippen molar-refractivity contribution >= 4 is 0 Å². The van der Waals surface area contributed by atoms with Gasteiger partial charge < -0.3 is 14.8 Å². The van der Waals surface area contributed by atoms with Crippen LogP contribution in [0.15, 0.2) is 36.7 Å². The highest BCUT2D eigenvalue weighted by molar-refractivity contribution is 5.28. The molecule has 0 radical (unpaired) electrons. The molecule has 20 heavy (non-hydrogen) atoms. The van der Waals surface area contributed by atoms with Crippen molar-refractivity contribution in [2.45, 2.75) is 38.2 Å². The molecule has 4 heteroatoms. The highest BCUT2D eigenvalue weighted by Gasteiger charge is 2.07. The molecular weight excluding hydrogens is 252 g/mol. The van der Waals surface area contributed by atoms with Crippen LogP contribution in [0, 0.1) is 0 Å². The average Bonchev–Trinajstić information content (AvgIpc) is 3.00. The maximum atomic E-state index is 10.1. The number of rotatable bonds is 8. The van der Waals surface area contributed by atoms with Gasteiger partial charge in [0.05, 0.1) is 13.2 Å². The quantitative estimate of drug-likeness (QED) is 0.726. The molecule has 0 aliphatic carbocycles. The molecule has 1 heterocycles. The van der Waals surface area contributed by atoms with Crippen molar-refractivity contribution in [1.29, 1.82) is 0 Å². The number of aliphatic hydroxyl groups is 1. The lowest BCUT2D eigenvalue weighted by Gasteiger charge is -2.11. The second-order valence-electron chi connectivity index (χ2n) is 4.92. The summed E-state index contributed by atoms with van der Waals surface area (Å²) in [5.74, 6) is 1.86. The maximum Gasteiger partial charge on any atom is 0.118 e. The molecule has 0 fully saturated rings. The van der Waals surface area contributed by atoms with Gasteiger partial charge in [-0.25, -0.2) is 4.98 Å². The van der Waals surface area contributed by atoms with Crippen molar-refractivity contribution in [2.75, 3.05) is 7.11 Å². The molecule has 0 aliphatic heterocycles. The number of nitrogens with zero attached hydrogens (tertiary/aromatic N) is 1. The van der Waals surface area contributed by atoms with Gasteiger partial charge in [-0.3, -0.25) is 0 Å². The SMILES string of the molecule is COc1ccc(C(O)CCCCCc2ncc[nH]2)cc1. The number of hydrogen-bond donors (Lipinski definition) is 2. The van der Waals surface area contributed by atoms with E-state index < -0.39 is 0 Å². The minimum absolute atomic E-state index is 0.385. The Morgan fingerprint density at radius 3 is 2.65 bits per heavy atom. The predicted octanol–water partition coefficient (Wildman–Crippen LogP) is 3.25. The third-order valence-electron chi connectivity index (χ3n) is 3.45. The molecule has 1 atom stereocenters. The first-order valence-corrected chi connectivity index (χ1v) is 7.10. The number of benzene rings is 1. The average molecular weight is 274 g/mol. The Hall–Kier alpha value is -1.81. The number of imidazole rings is 1. The smallest absolute Gasteiger partial charge is 0.118 e. The second-order valence-corrected chi connectivity index (χ2v) is 4.92. The summed E-state index contributed by atoms with van der Waals surface area (Å²) in [6.45, 7) is 0. The number of hydrogen-bond acceptors (Lipinski definition) is 3. The van der Waals surface area contributed by atoms with Crippen LogP contribution < -0.4 is 4.74 Å². The highest BCUT2D eigenvalue weighted by atomic mass is 16.5. The molecule has 2 aromatic rings. The summed E-state index contributed by atoms with van der Waals surface area (Å²) in [4.78, 5) is 7.30. The Morgan fingerprint density at radius 2 is 2.00 bits per heavy atom. The fourth-order valence-electron chi connectivity index (χ4n) is 2.23. The first-order chi connectivity index (χ1) is 9.79. The van der Waals surface area contributed by atoms with Gasteiger partial charge in [-0.15, -0.1) is 0 Å². The number of nitrogens with one attached hydrogen (secondary N) is 1. The van der Waals surface area contributed by atoms with Gasteiger partial charge in [0.1, 0.15) is 11.6 Å². The van der Waals surface area contributed by atoms with Gasteiger partial charge in [-0.1, -0.05) is 25.0 Å². The Balaban J connectivity index is 1.65. The van der Waals surface area contributed by atoms with Crippen LogP contribution in [0.1, 0.15) is 43.2 Å². The minimum Gasteiger partial charge on any atom is -0.497 e. The zero-order chi connectivity index (χ0) is 14.2. The number of aromatic amines is 1. The zero-order valence-corrected chi connectivity index (χ0v) is 11.9. The predicted molar refractivity (Wildman–Crippen MR) is 78.7 cm³/mol. The molecule has 0 amide bonds. The fourth-order valence-corrected chi connectivity index (χ4v) is 2.23. The fraction of sp³-hybridized carbons (Fsp3) is 0.438. The summed E-state index contributed by atoms with van der Waals surface area (Å²) in [6, 6.07) is 7.61. The Bertz CT molecular complexity index is 480. The molecule has 2 rings (SSSR count). The Kier molecular flexibility index (Phi) is 5.62. The largest absolute Gasteiger partial charge is 0.497 e. The Labute approximate surface area is 119 Å². The van der Waals surface area contributed by atoms with Crippen LogP contribution in [0.25, 0.3) is 0 Å². The van der Waals surface area contributed by atoms with Crippen LogP contribution in [0.2, 0.25) is 0 Å². The van der Waals surface area contributed by atoms with Crippen molar-refractivity contribution in [1.82, 2.24) is 9.97 Å².